The molecule has 1 heterocycles. The molecule has 2 aromatic carbocycles. The quantitative estimate of drug-likeness (QED) is 0.487. The van der Waals surface area contributed by atoms with E-state index in [1.807, 2.05) is 25.3 Å². The van der Waals surface area contributed by atoms with Crippen molar-refractivity contribution in [3.63, 3.8) is 0 Å². The number of pyridine rings is 1. The average molecular weight is 437 g/mol. The van der Waals surface area contributed by atoms with Crippen molar-refractivity contribution >= 4 is 34.1 Å². The molecule has 5 rings (SSSR count). The Morgan fingerprint density at radius 3 is 2.48 bits per heavy atom. The Balaban J connectivity index is 1.24. The Morgan fingerprint density at radius 2 is 1.77 bits per heavy atom. The summed E-state index contributed by atoms with van der Waals surface area (Å²) in [6.07, 6.45) is 6.25. The Kier molecular flexibility index (Phi) is 5.43. The molecule has 1 N–H and O–H groups in total. The van der Waals surface area contributed by atoms with Crippen LogP contribution in [0.4, 0.5) is 10.1 Å². The number of amides is 1. The van der Waals surface area contributed by atoms with Gasteiger partial charge in [0.15, 0.2) is 0 Å². The van der Waals surface area contributed by atoms with E-state index >= 15 is 0 Å². The number of nitrogens with one attached hydrogen (secondary N) is 1. The lowest BCUT2D eigenvalue weighted by atomic mass is 9.86. The van der Waals surface area contributed by atoms with Gasteiger partial charge in [-0.25, -0.2) is 4.39 Å². The van der Waals surface area contributed by atoms with Crippen molar-refractivity contribution in [3.05, 3.63) is 71.1 Å². The summed E-state index contributed by atoms with van der Waals surface area (Å²) < 4.78 is 13.9. The number of fused-ring (bicyclic) bond motifs is 2. The van der Waals surface area contributed by atoms with E-state index in [4.69, 9.17) is 11.6 Å². The number of benzene rings is 2. The molecule has 2 aliphatic rings. The molecule has 0 spiro atoms. The van der Waals surface area contributed by atoms with Gasteiger partial charge in [-0.15, -0.1) is 0 Å². The molecule has 2 unspecified atom stereocenters. The van der Waals surface area contributed by atoms with E-state index in [0.717, 1.165) is 42.3 Å². The van der Waals surface area contributed by atoms with E-state index in [1.54, 1.807) is 24.3 Å². The van der Waals surface area contributed by atoms with E-state index in [-0.39, 0.29) is 17.6 Å². The van der Waals surface area contributed by atoms with Crippen LogP contribution in [-0.4, -0.2) is 10.9 Å². The SMILES string of the molecule is C[C@@H](C(=O)Nc1ccc(Cl)cc1)C1CC2CC(c3ccnc4ccc(F)cc34)CC2C1. The zero-order valence-corrected chi connectivity index (χ0v) is 18.3. The highest BCUT2D eigenvalue weighted by molar-refractivity contribution is 6.30. The lowest BCUT2D eigenvalue weighted by Crippen LogP contribution is -2.26. The van der Waals surface area contributed by atoms with Gasteiger partial charge < -0.3 is 5.32 Å². The molecule has 0 saturated heterocycles. The van der Waals surface area contributed by atoms with Gasteiger partial charge in [-0.1, -0.05) is 18.5 Å². The Bertz CT molecular complexity index is 1100. The van der Waals surface area contributed by atoms with Crippen molar-refractivity contribution in [2.75, 3.05) is 5.32 Å². The lowest BCUT2D eigenvalue weighted by Gasteiger charge is -2.21. The number of hydrogen-bond donors (Lipinski definition) is 1. The van der Waals surface area contributed by atoms with Crippen LogP contribution >= 0.6 is 11.6 Å². The van der Waals surface area contributed by atoms with Crippen molar-refractivity contribution in [2.24, 2.45) is 23.7 Å². The number of nitrogens with zero attached hydrogens (tertiary/aromatic N) is 1. The zero-order valence-electron chi connectivity index (χ0n) is 17.5. The van der Waals surface area contributed by atoms with Gasteiger partial charge in [0.25, 0.3) is 0 Å². The van der Waals surface area contributed by atoms with Gasteiger partial charge in [0.2, 0.25) is 5.91 Å². The lowest BCUT2D eigenvalue weighted by molar-refractivity contribution is -0.120. The monoisotopic (exact) mass is 436 g/mol. The van der Waals surface area contributed by atoms with Gasteiger partial charge >= 0.3 is 0 Å². The molecule has 3 atom stereocenters. The maximum atomic E-state index is 13.9. The van der Waals surface area contributed by atoms with Crippen LogP contribution in [0.2, 0.25) is 5.02 Å². The second kappa shape index (κ2) is 8.23. The van der Waals surface area contributed by atoms with E-state index in [0.29, 0.717) is 28.7 Å². The summed E-state index contributed by atoms with van der Waals surface area (Å²) in [4.78, 5) is 17.2. The summed E-state index contributed by atoms with van der Waals surface area (Å²) in [5.74, 6) is 1.99. The van der Waals surface area contributed by atoms with Crippen molar-refractivity contribution in [3.8, 4) is 0 Å². The standard InChI is InChI=1S/C26H26ClFN2O/c1-15(26(31)30-22-5-2-20(27)3-6-22)16-10-17-12-19(13-18(17)11-16)23-8-9-29-25-7-4-21(28)14-24(23)25/h2-9,14-19H,10-13H2,1H3,(H,30,31)/t15-,16?,17?,18?,19?/m1/s1. The maximum absolute atomic E-state index is 13.9. The molecule has 1 amide bonds. The minimum absolute atomic E-state index is 0.0180. The fourth-order valence-electron chi connectivity index (χ4n) is 5.82. The molecule has 3 aromatic rings. The fraction of sp³-hybridized carbons (Fsp3) is 0.385. The Morgan fingerprint density at radius 1 is 1.06 bits per heavy atom. The first-order valence-corrected chi connectivity index (χ1v) is 11.5. The van der Waals surface area contributed by atoms with Crippen LogP contribution in [0.3, 0.4) is 0 Å². The third-order valence-electron chi connectivity index (χ3n) is 7.46. The molecule has 31 heavy (non-hydrogen) atoms. The van der Waals surface area contributed by atoms with Gasteiger partial charge in [-0.05, 0) is 103 Å². The minimum atomic E-state index is -0.208. The molecule has 160 valence electrons. The van der Waals surface area contributed by atoms with E-state index < -0.39 is 0 Å². The third kappa shape index (κ3) is 4.06. The molecule has 2 saturated carbocycles. The molecule has 3 nitrogen and oxygen atoms in total. The summed E-state index contributed by atoms with van der Waals surface area (Å²) >= 11 is 5.93. The summed E-state index contributed by atoms with van der Waals surface area (Å²) in [5.41, 5.74) is 2.88. The predicted octanol–water partition coefficient (Wildman–Crippen LogP) is 6.82. The van der Waals surface area contributed by atoms with Crippen molar-refractivity contribution in [2.45, 2.75) is 38.5 Å². The van der Waals surface area contributed by atoms with Gasteiger partial charge in [-0.2, -0.15) is 0 Å². The largest absolute Gasteiger partial charge is 0.326 e. The number of carbonyl (C=O) groups is 1. The molecular formula is C26H26ClFN2O. The number of aromatic nitrogens is 1. The van der Waals surface area contributed by atoms with Gasteiger partial charge in [-0.3, -0.25) is 9.78 Å². The van der Waals surface area contributed by atoms with Crippen LogP contribution in [-0.2, 0) is 4.79 Å². The van der Waals surface area contributed by atoms with E-state index in [2.05, 4.69) is 16.4 Å². The second-order valence-electron chi connectivity index (χ2n) is 9.27. The minimum Gasteiger partial charge on any atom is -0.326 e. The molecule has 5 heteroatoms. The molecule has 0 bridgehead atoms. The fourth-order valence-corrected chi connectivity index (χ4v) is 5.95. The number of carbonyl (C=O) groups excluding carboxylic acids is 1. The molecule has 0 radical (unpaired) electrons. The second-order valence-corrected chi connectivity index (χ2v) is 9.70. The van der Waals surface area contributed by atoms with E-state index in [9.17, 15) is 9.18 Å². The molecular weight excluding hydrogens is 411 g/mol. The van der Waals surface area contributed by atoms with Gasteiger partial charge in [0, 0.05) is 28.2 Å². The maximum Gasteiger partial charge on any atom is 0.227 e. The number of halogens is 2. The number of rotatable bonds is 4. The van der Waals surface area contributed by atoms with E-state index in [1.165, 1.54) is 11.6 Å². The smallest absolute Gasteiger partial charge is 0.227 e. The first-order valence-electron chi connectivity index (χ1n) is 11.1. The first kappa shape index (κ1) is 20.4. The third-order valence-corrected chi connectivity index (χ3v) is 7.71. The summed E-state index contributed by atoms with van der Waals surface area (Å²) in [6, 6.07) is 14.2. The zero-order chi connectivity index (χ0) is 21.5. The van der Waals surface area contributed by atoms with Crippen LogP contribution in [0.5, 0.6) is 0 Å². The predicted molar refractivity (Wildman–Crippen MR) is 123 cm³/mol. The van der Waals surface area contributed by atoms with Crippen LogP contribution < -0.4 is 5.32 Å². The Labute approximate surface area is 187 Å². The highest BCUT2D eigenvalue weighted by Gasteiger charge is 2.44. The summed E-state index contributed by atoms with van der Waals surface area (Å²) in [6.45, 7) is 2.05. The van der Waals surface area contributed by atoms with Crippen LogP contribution in [0.15, 0.2) is 54.7 Å². The van der Waals surface area contributed by atoms with Crippen molar-refractivity contribution in [1.82, 2.24) is 4.98 Å². The van der Waals surface area contributed by atoms with Crippen LogP contribution in [0.25, 0.3) is 10.9 Å². The van der Waals surface area contributed by atoms with Gasteiger partial charge in [0.05, 0.1) is 5.52 Å². The number of anilines is 1. The van der Waals surface area contributed by atoms with Crippen LogP contribution in [0.1, 0.15) is 44.1 Å². The molecule has 0 aliphatic heterocycles. The van der Waals surface area contributed by atoms with Crippen molar-refractivity contribution in [1.29, 1.82) is 0 Å². The molecule has 2 fully saturated rings. The van der Waals surface area contributed by atoms with Gasteiger partial charge in [0.1, 0.15) is 5.82 Å². The molecule has 2 aliphatic carbocycles. The highest BCUT2D eigenvalue weighted by atomic mass is 35.5. The first-order chi connectivity index (χ1) is 15.0. The van der Waals surface area contributed by atoms with Crippen molar-refractivity contribution < 1.29 is 9.18 Å². The summed E-state index contributed by atoms with van der Waals surface area (Å²) in [5, 5.41) is 4.64. The van der Waals surface area contributed by atoms with Crippen LogP contribution in [0, 0.1) is 29.5 Å². The average Bonchev–Trinajstić information content (AvgIpc) is 3.33. The Hall–Kier alpha value is -2.46. The highest BCUT2D eigenvalue weighted by Crippen LogP contribution is 2.54. The molecule has 1 aromatic heterocycles. The number of hydrogen-bond acceptors (Lipinski definition) is 2. The normalized spacial score (nSPS) is 26.0. The topological polar surface area (TPSA) is 42.0 Å². The summed E-state index contributed by atoms with van der Waals surface area (Å²) in [7, 11) is 0.